The molecule has 0 fully saturated rings. The van der Waals surface area contributed by atoms with Gasteiger partial charge in [-0.3, -0.25) is 14.3 Å². The van der Waals surface area contributed by atoms with Crippen LogP contribution in [0.5, 0.6) is 5.75 Å². The van der Waals surface area contributed by atoms with Crippen molar-refractivity contribution in [1.82, 2.24) is 14.5 Å². The molecule has 7 nitrogen and oxygen atoms in total. The molecule has 3 rings (SSSR count). The first-order valence-corrected chi connectivity index (χ1v) is 7.37. The van der Waals surface area contributed by atoms with Crippen LogP contribution in [0.1, 0.15) is 18.2 Å². The summed E-state index contributed by atoms with van der Waals surface area (Å²) >= 11 is 0. The van der Waals surface area contributed by atoms with E-state index in [-0.39, 0.29) is 6.54 Å². The molecule has 0 spiro atoms. The second-order valence-corrected chi connectivity index (χ2v) is 5.11. The van der Waals surface area contributed by atoms with Crippen molar-refractivity contribution in [3.05, 3.63) is 68.6 Å². The number of ether oxygens (including phenoxy) is 1. The van der Waals surface area contributed by atoms with Crippen molar-refractivity contribution >= 4 is 10.9 Å². The molecule has 0 atom stereocenters. The number of aromatic nitrogens is 3. The second kappa shape index (κ2) is 6.38. The zero-order valence-electron chi connectivity index (χ0n) is 12.9. The summed E-state index contributed by atoms with van der Waals surface area (Å²) in [5.74, 6) is 0.567. The van der Waals surface area contributed by atoms with Crippen molar-refractivity contribution in [2.45, 2.75) is 13.5 Å². The Kier molecular flexibility index (Phi) is 4.12. The Morgan fingerprint density at radius 3 is 2.79 bits per heavy atom. The van der Waals surface area contributed by atoms with Gasteiger partial charge in [0.25, 0.3) is 5.56 Å². The number of hydrogen-bond acceptors (Lipinski definition) is 5. The van der Waals surface area contributed by atoms with E-state index in [4.69, 9.17) is 10.00 Å². The van der Waals surface area contributed by atoms with E-state index < -0.39 is 11.2 Å². The summed E-state index contributed by atoms with van der Waals surface area (Å²) in [5.41, 5.74) is 0.462. The molecule has 7 heteroatoms. The van der Waals surface area contributed by atoms with Crippen LogP contribution in [-0.2, 0) is 6.54 Å². The van der Waals surface area contributed by atoms with Crippen LogP contribution in [0.3, 0.4) is 0 Å². The standard InChI is InChI=1S/C17H14N4O3/c1-2-24-13-5-6-15-14(7-13)16(22)21(17(23)20-15)10-12-4-3-11(8-18)9-19-12/h3-7,9H,2,10H2,1H3,(H,20,23). The molecule has 0 aliphatic rings. The zero-order chi connectivity index (χ0) is 17.1. The molecule has 0 saturated heterocycles. The lowest BCUT2D eigenvalue weighted by Crippen LogP contribution is -2.35. The van der Waals surface area contributed by atoms with Gasteiger partial charge in [0.2, 0.25) is 0 Å². The number of pyridine rings is 1. The topological polar surface area (TPSA) is 101 Å². The molecule has 0 unspecified atom stereocenters. The number of hydrogen-bond donors (Lipinski definition) is 1. The van der Waals surface area contributed by atoms with Crippen molar-refractivity contribution in [3.63, 3.8) is 0 Å². The smallest absolute Gasteiger partial charge is 0.329 e. The summed E-state index contributed by atoms with van der Waals surface area (Å²) < 4.78 is 6.48. The minimum absolute atomic E-state index is 0.0225. The monoisotopic (exact) mass is 322 g/mol. The van der Waals surface area contributed by atoms with Gasteiger partial charge in [-0.2, -0.15) is 5.26 Å². The van der Waals surface area contributed by atoms with E-state index in [2.05, 4.69) is 9.97 Å². The summed E-state index contributed by atoms with van der Waals surface area (Å²) in [5, 5.41) is 9.15. The van der Waals surface area contributed by atoms with Crippen LogP contribution in [0.15, 0.2) is 46.1 Å². The van der Waals surface area contributed by atoms with Gasteiger partial charge in [-0.1, -0.05) is 0 Å². The average Bonchev–Trinajstić information content (AvgIpc) is 2.60. The Bertz CT molecular complexity index is 1040. The Hall–Kier alpha value is -3.40. The molecule has 24 heavy (non-hydrogen) atoms. The third kappa shape index (κ3) is 2.90. The quantitative estimate of drug-likeness (QED) is 0.782. The fraction of sp³-hybridized carbons (Fsp3) is 0.176. The van der Waals surface area contributed by atoms with E-state index in [0.717, 1.165) is 4.57 Å². The molecule has 3 aromatic rings. The highest BCUT2D eigenvalue weighted by Gasteiger charge is 2.10. The number of nitrogens with zero attached hydrogens (tertiary/aromatic N) is 3. The first-order chi connectivity index (χ1) is 11.6. The summed E-state index contributed by atoms with van der Waals surface area (Å²) in [6.07, 6.45) is 1.41. The highest BCUT2D eigenvalue weighted by molar-refractivity contribution is 5.78. The van der Waals surface area contributed by atoms with E-state index >= 15 is 0 Å². The van der Waals surface area contributed by atoms with E-state index in [1.165, 1.54) is 6.20 Å². The predicted molar refractivity (Wildman–Crippen MR) is 88.1 cm³/mol. The molecular weight excluding hydrogens is 308 g/mol. The number of fused-ring (bicyclic) bond motifs is 1. The lowest BCUT2D eigenvalue weighted by Gasteiger charge is -2.08. The third-order valence-electron chi connectivity index (χ3n) is 3.54. The number of rotatable bonds is 4. The number of H-pyrrole nitrogens is 1. The first kappa shape index (κ1) is 15.5. The SMILES string of the molecule is CCOc1ccc2[nH]c(=O)n(Cc3ccc(C#N)cn3)c(=O)c2c1. The first-order valence-electron chi connectivity index (χ1n) is 7.37. The highest BCUT2D eigenvalue weighted by Crippen LogP contribution is 2.15. The number of nitrogens with one attached hydrogen (secondary N) is 1. The lowest BCUT2D eigenvalue weighted by atomic mass is 10.2. The summed E-state index contributed by atoms with van der Waals surface area (Å²) in [7, 11) is 0. The van der Waals surface area contributed by atoms with E-state index in [9.17, 15) is 9.59 Å². The molecule has 1 aromatic carbocycles. The summed E-state index contributed by atoms with van der Waals surface area (Å²) in [4.78, 5) is 31.6. The van der Waals surface area contributed by atoms with Crippen molar-refractivity contribution in [3.8, 4) is 11.8 Å². The molecular formula is C17H14N4O3. The summed E-state index contributed by atoms with van der Waals surface area (Å²) in [6.45, 7) is 2.36. The molecule has 0 aliphatic heterocycles. The largest absolute Gasteiger partial charge is 0.494 e. The molecule has 120 valence electrons. The number of benzene rings is 1. The van der Waals surface area contributed by atoms with Crippen LogP contribution in [0, 0.1) is 11.3 Å². The Balaban J connectivity index is 2.08. The molecule has 1 N–H and O–H groups in total. The average molecular weight is 322 g/mol. The Morgan fingerprint density at radius 1 is 1.29 bits per heavy atom. The molecule has 2 heterocycles. The molecule has 0 saturated carbocycles. The number of nitriles is 1. The van der Waals surface area contributed by atoms with E-state index in [1.807, 2.05) is 13.0 Å². The fourth-order valence-corrected chi connectivity index (χ4v) is 2.38. The maximum atomic E-state index is 12.6. The molecule has 0 amide bonds. The van der Waals surface area contributed by atoms with Gasteiger partial charge in [-0.25, -0.2) is 4.79 Å². The van der Waals surface area contributed by atoms with Gasteiger partial charge in [0, 0.05) is 6.20 Å². The van der Waals surface area contributed by atoms with E-state index in [1.54, 1.807) is 30.3 Å². The minimum Gasteiger partial charge on any atom is -0.494 e. The van der Waals surface area contributed by atoms with Crippen LogP contribution < -0.4 is 16.0 Å². The summed E-state index contributed by atoms with van der Waals surface area (Å²) in [6, 6.07) is 10.1. The molecule has 0 aliphatic carbocycles. The molecule has 0 bridgehead atoms. The van der Waals surface area contributed by atoms with E-state index in [0.29, 0.717) is 34.5 Å². The van der Waals surface area contributed by atoms with Crippen molar-refractivity contribution in [2.24, 2.45) is 0 Å². The van der Waals surface area contributed by atoms with Crippen LogP contribution in [-0.4, -0.2) is 21.1 Å². The third-order valence-corrected chi connectivity index (χ3v) is 3.54. The maximum absolute atomic E-state index is 12.6. The van der Waals surface area contributed by atoms with Crippen molar-refractivity contribution < 1.29 is 4.74 Å². The van der Waals surface area contributed by atoms with Crippen LogP contribution >= 0.6 is 0 Å². The van der Waals surface area contributed by atoms with Gasteiger partial charge in [-0.15, -0.1) is 0 Å². The van der Waals surface area contributed by atoms with Crippen molar-refractivity contribution in [1.29, 1.82) is 5.26 Å². The second-order valence-electron chi connectivity index (χ2n) is 5.11. The number of aromatic amines is 1. The predicted octanol–water partition coefficient (Wildman–Crippen LogP) is 1.40. The van der Waals surface area contributed by atoms with Gasteiger partial charge < -0.3 is 9.72 Å². The Morgan fingerprint density at radius 2 is 2.12 bits per heavy atom. The zero-order valence-corrected chi connectivity index (χ0v) is 12.9. The van der Waals surface area contributed by atoms with Crippen molar-refractivity contribution in [2.75, 3.05) is 6.61 Å². The Labute approximate surface area is 136 Å². The lowest BCUT2D eigenvalue weighted by molar-refractivity contribution is 0.340. The minimum atomic E-state index is -0.511. The normalized spacial score (nSPS) is 10.5. The van der Waals surface area contributed by atoms with Gasteiger partial charge in [0.15, 0.2) is 0 Å². The van der Waals surface area contributed by atoms with Gasteiger partial charge in [0.1, 0.15) is 11.8 Å². The van der Waals surface area contributed by atoms with Gasteiger partial charge in [0.05, 0.1) is 35.3 Å². The molecule has 2 aromatic heterocycles. The van der Waals surface area contributed by atoms with Gasteiger partial charge >= 0.3 is 5.69 Å². The highest BCUT2D eigenvalue weighted by atomic mass is 16.5. The maximum Gasteiger partial charge on any atom is 0.329 e. The van der Waals surface area contributed by atoms with Crippen LogP contribution in [0.4, 0.5) is 0 Å². The fourth-order valence-electron chi connectivity index (χ4n) is 2.38. The van der Waals surface area contributed by atoms with Crippen LogP contribution in [0.25, 0.3) is 10.9 Å². The molecule has 0 radical (unpaired) electrons. The van der Waals surface area contributed by atoms with Gasteiger partial charge in [-0.05, 0) is 37.3 Å². The van der Waals surface area contributed by atoms with Crippen LogP contribution in [0.2, 0.25) is 0 Å².